The normalized spacial score (nSPS) is 10.4. The van der Waals surface area contributed by atoms with Crippen LogP contribution < -0.4 is 0 Å². The first-order valence-electron chi connectivity index (χ1n) is 3.52. The zero-order chi connectivity index (χ0) is 9.56. The van der Waals surface area contributed by atoms with Crippen LogP contribution in [0, 0.1) is 0 Å². The summed E-state index contributed by atoms with van der Waals surface area (Å²) in [6.07, 6.45) is 3.36. The minimum absolute atomic E-state index is 0.221. The number of hydrogen-bond acceptors (Lipinski definition) is 3. The summed E-state index contributed by atoms with van der Waals surface area (Å²) < 4.78 is 4.47. The molecule has 0 bridgehead atoms. The lowest BCUT2D eigenvalue weighted by molar-refractivity contribution is -0.136. The highest BCUT2D eigenvalue weighted by Crippen LogP contribution is 2.00. The van der Waals surface area contributed by atoms with Gasteiger partial charge in [0.25, 0.3) is 0 Å². The summed E-state index contributed by atoms with van der Waals surface area (Å²) in [5, 5.41) is 0. The van der Waals surface area contributed by atoms with Crippen molar-refractivity contribution >= 4 is 12.7 Å². The second kappa shape index (κ2) is 5.29. The molecule has 66 valence electrons. The standard InChI is InChI=1S/C9H13NO2/c1-7(2)5-6-8(10-3)9(11)12-4/h5-6H,3H2,1-2,4H3/b8-6-. The monoisotopic (exact) mass is 167 g/mol. The zero-order valence-electron chi connectivity index (χ0n) is 7.63. The molecule has 0 atom stereocenters. The van der Waals surface area contributed by atoms with E-state index in [4.69, 9.17) is 0 Å². The Morgan fingerprint density at radius 2 is 2.00 bits per heavy atom. The highest BCUT2D eigenvalue weighted by Gasteiger charge is 2.04. The van der Waals surface area contributed by atoms with Gasteiger partial charge in [0.15, 0.2) is 0 Å². The van der Waals surface area contributed by atoms with Crippen LogP contribution in [0.5, 0.6) is 0 Å². The van der Waals surface area contributed by atoms with Crippen molar-refractivity contribution in [1.29, 1.82) is 0 Å². The molecular formula is C9H13NO2. The number of allylic oxidation sites excluding steroid dienone is 3. The molecule has 0 aromatic heterocycles. The maximum absolute atomic E-state index is 10.9. The summed E-state index contributed by atoms with van der Waals surface area (Å²) in [7, 11) is 1.31. The molecule has 0 heterocycles. The Morgan fingerprint density at radius 1 is 1.42 bits per heavy atom. The van der Waals surface area contributed by atoms with Crippen molar-refractivity contribution in [3.05, 3.63) is 23.4 Å². The molecule has 0 fully saturated rings. The van der Waals surface area contributed by atoms with Gasteiger partial charge in [0.2, 0.25) is 0 Å². The van der Waals surface area contributed by atoms with Crippen LogP contribution in [0.2, 0.25) is 0 Å². The molecular weight excluding hydrogens is 154 g/mol. The first kappa shape index (κ1) is 10.6. The second-order valence-electron chi connectivity index (χ2n) is 2.45. The number of ether oxygens (including phenoxy) is 1. The van der Waals surface area contributed by atoms with Crippen molar-refractivity contribution in [3.8, 4) is 0 Å². The van der Waals surface area contributed by atoms with E-state index in [1.54, 1.807) is 12.2 Å². The molecule has 0 unspecified atom stereocenters. The molecule has 0 saturated heterocycles. The average Bonchev–Trinajstić information content (AvgIpc) is 2.04. The second-order valence-corrected chi connectivity index (χ2v) is 2.45. The van der Waals surface area contributed by atoms with Crippen molar-refractivity contribution < 1.29 is 9.53 Å². The fraction of sp³-hybridized carbons (Fsp3) is 0.333. The number of methoxy groups -OCH3 is 1. The quantitative estimate of drug-likeness (QED) is 0.278. The highest BCUT2D eigenvalue weighted by molar-refractivity contribution is 5.89. The predicted octanol–water partition coefficient (Wildman–Crippen LogP) is 1.71. The van der Waals surface area contributed by atoms with E-state index in [1.165, 1.54) is 7.11 Å². The number of hydrogen-bond donors (Lipinski definition) is 0. The molecule has 0 amide bonds. The van der Waals surface area contributed by atoms with Gasteiger partial charge in [-0.1, -0.05) is 11.6 Å². The van der Waals surface area contributed by atoms with Gasteiger partial charge in [-0.05, 0) is 26.6 Å². The van der Waals surface area contributed by atoms with E-state index in [0.29, 0.717) is 0 Å². The van der Waals surface area contributed by atoms with Gasteiger partial charge in [-0.25, -0.2) is 4.79 Å². The SMILES string of the molecule is C=N/C(=C\C=C(C)C)C(=O)OC. The number of carbonyl (C=O) groups excluding carboxylic acids is 1. The summed E-state index contributed by atoms with van der Waals surface area (Å²) >= 11 is 0. The van der Waals surface area contributed by atoms with E-state index in [9.17, 15) is 4.79 Å². The third-order valence-electron chi connectivity index (χ3n) is 1.14. The van der Waals surface area contributed by atoms with Crippen LogP contribution in [-0.2, 0) is 9.53 Å². The van der Waals surface area contributed by atoms with Gasteiger partial charge < -0.3 is 4.74 Å². The van der Waals surface area contributed by atoms with Gasteiger partial charge in [-0.2, -0.15) is 0 Å². The van der Waals surface area contributed by atoms with Crippen LogP contribution >= 0.6 is 0 Å². The number of nitrogens with zero attached hydrogens (tertiary/aromatic N) is 1. The molecule has 0 rings (SSSR count). The molecule has 0 N–H and O–H groups in total. The molecule has 0 spiro atoms. The van der Waals surface area contributed by atoms with Gasteiger partial charge in [0.05, 0.1) is 7.11 Å². The van der Waals surface area contributed by atoms with E-state index in [2.05, 4.69) is 16.4 Å². The van der Waals surface area contributed by atoms with Crippen molar-refractivity contribution in [1.82, 2.24) is 0 Å². The Morgan fingerprint density at radius 3 is 2.33 bits per heavy atom. The number of rotatable bonds is 3. The first-order valence-corrected chi connectivity index (χ1v) is 3.52. The molecule has 0 saturated carbocycles. The molecule has 3 heteroatoms. The minimum Gasteiger partial charge on any atom is -0.464 e. The Kier molecular flexibility index (Phi) is 4.69. The van der Waals surface area contributed by atoms with E-state index < -0.39 is 5.97 Å². The third-order valence-corrected chi connectivity index (χ3v) is 1.14. The largest absolute Gasteiger partial charge is 0.464 e. The smallest absolute Gasteiger partial charge is 0.356 e. The van der Waals surface area contributed by atoms with Crippen LogP contribution in [-0.4, -0.2) is 19.8 Å². The summed E-state index contributed by atoms with van der Waals surface area (Å²) in [6.45, 7) is 7.11. The molecule has 0 aromatic rings. The summed E-state index contributed by atoms with van der Waals surface area (Å²) in [4.78, 5) is 14.4. The van der Waals surface area contributed by atoms with Crippen molar-refractivity contribution in [2.75, 3.05) is 7.11 Å². The lowest BCUT2D eigenvalue weighted by Crippen LogP contribution is -2.01. The molecule has 0 aliphatic rings. The Bertz CT molecular complexity index is 235. The number of carbonyl (C=O) groups is 1. The lowest BCUT2D eigenvalue weighted by atomic mass is 10.3. The van der Waals surface area contributed by atoms with Crippen LogP contribution in [0.1, 0.15) is 13.8 Å². The van der Waals surface area contributed by atoms with E-state index >= 15 is 0 Å². The van der Waals surface area contributed by atoms with Crippen LogP contribution in [0.3, 0.4) is 0 Å². The summed E-state index contributed by atoms with van der Waals surface area (Å²) in [5.74, 6) is -0.470. The van der Waals surface area contributed by atoms with E-state index in [1.807, 2.05) is 13.8 Å². The van der Waals surface area contributed by atoms with Crippen LogP contribution in [0.4, 0.5) is 0 Å². The maximum atomic E-state index is 10.9. The van der Waals surface area contributed by atoms with Crippen molar-refractivity contribution in [3.63, 3.8) is 0 Å². The average molecular weight is 167 g/mol. The fourth-order valence-corrected chi connectivity index (χ4v) is 0.535. The van der Waals surface area contributed by atoms with Gasteiger partial charge in [-0.3, -0.25) is 4.99 Å². The summed E-state index contributed by atoms with van der Waals surface area (Å²) in [5.41, 5.74) is 1.30. The van der Waals surface area contributed by atoms with Gasteiger partial charge in [-0.15, -0.1) is 0 Å². The number of esters is 1. The Balaban J connectivity index is 4.55. The van der Waals surface area contributed by atoms with E-state index in [-0.39, 0.29) is 5.70 Å². The lowest BCUT2D eigenvalue weighted by Gasteiger charge is -1.96. The number of aliphatic imine (C=N–C) groups is 1. The molecule has 0 radical (unpaired) electrons. The maximum Gasteiger partial charge on any atom is 0.356 e. The highest BCUT2D eigenvalue weighted by atomic mass is 16.5. The molecule has 0 aliphatic carbocycles. The zero-order valence-corrected chi connectivity index (χ0v) is 7.63. The molecule has 0 aromatic carbocycles. The predicted molar refractivity (Wildman–Crippen MR) is 49.1 cm³/mol. The van der Waals surface area contributed by atoms with Crippen molar-refractivity contribution in [2.45, 2.75) is 13.8 Å². The molecule has 0 aliphatic heterocycles. The topological polar surface area (TPSA) is 38.7 Å². The van der Waals surface area contributed by atoms with Gasteiger partial charge in [0.1, 0.15) is 5.70 Å². The van der Waals surface area contributed by atoms with E-state index in [0.717, 1.165) is 5.57 Å². The molecule has 12 heavy (non-hydrogen) atoms. The van der Waals surface area contributed by atoms with Gasteiger partial charge >= 0.3 is 5.97 Å². The fourth-order valence-electron chi connectivity index (χ4n) is 0.535. The molecule has 3 nitrogen and oxygen atoms in total. The van der Waals surface area contributed by atoms with Crippen LogP contribution in [0.25, 0.3) is 0 Å². The minimum atomic E-state index is -0.470. The van der Waals surface area contributed by atoms with Crippen molar-refractivity contribution in [2.24, 2.45) is 4.99 Å². The third kappa shape index (κ3) is 3.71. The van der Waals surface area contributed by atoms with Crippen LogP contribution in [0.15, 0.2) is 28.4 Å². The summed E-state index contributed by atoms with van der Waals surface area (Å²) in [6, 6.07) is 0. The Labute approximate surface area is 72.4 Å². The first-order chi connectivity index (χ1) is 5.61. The Hall–Kier alpha value is -1.38. The van der Waals surface area contributed by atoms with Gasteiger partial charge in [0, 0.05) is 0 Å².